The second-order valence-electron chi connectivity index (χ2n) is 4.15. The van der Waals surface area contributed by atoms with E-state index in [9.17, 15) is 13.2 Å². The van der Waals surface area contributed by atoms with Gasteiger partial charge < -0.3 is 5.32 Å². The van der Waals surface area contributed by atoms with Crippen LogP contribution < -0.4 is 10.0 Å². The molecule has 0 aliphatic carbocycles. The van der Waals surface area contributed by atoms with Gasteiger partial charge in [0.1, 0.15) is 6.07 Å². The molecular formula is C12H15N3O3S. The second-order valence-corrected chi connectivity index (χ2v) is 5.89. The highest BCUT2D eigenvalue weighted by molar-refractivity contribution is 7.89. The Balaban J connectivity index is 2.83. The molecule has 102 valence electrons. The van der Waals surface area contributed by atoms with E-state index in [4.69, 9.17) is 5.26 Å². The Hall–Kier alpha value is -1.91. The summed E-state index contributed by atoms with van der Waals surface area (Å²) in [4.78, 5) is 11.3. The molecule has 0 aliphatic rings. The minimum absolute atomic E-state index is 0.0410. The number of nitrogens with zero attached hydrogens (tertiary/aromatic N) is 1. The van der Waals surface area contributed by atoms with Crippen molar-refractivity contribution in [3.05, 3.63) is 29.8 Å². The summed E-state index contributed by atoms with van der Waals surface area (Å²) in [6, 6.07) is 7.55. The van der Waals surface area contributed by atoms with Crippen molar-refractivity contribution in [3.8, 4) is 6.07 Å². The average molecular weight is 281 g/mol. The highest BCUT2D eigenvalue weighted by Gasteiger charge is 2.19. The molecule has 6 nitrogen and oxygen atoms in total. The Kier molecular flexibility index (Phi) is 5.03. The van der Waals surface area contributed by atoms with Gasteiger partial charge in [-0.15, -0.1) is 0 Å². The van der Waals surface area contributed by atoms with Gasteiger partial charge in [-0.05, 0) is 26.0 Å². The van der Waals surface area contributed by atoms with E-state index in [2.05, 4.69) is 10.0 Å². The molecule has 0 saturated carbocycles. The molecular weight excluding hydrogens is 266 g/mol. The van der Waals surface area contributed by atoms with Gasteiger partial charge in [-0.1, -0.05) is 12.1 Å². The molecule has 0 atom stereocenters. The van der Waals surface area contributed by atoms with Crippen molar-refractivity contribution in [3.63, 3.8) is 0 Å². The topological polar surface area (TPSA) is 99.1 Å². The molecule has 0 aromatic heterocycles. The van der Waals surface area contributed by atoms with Gasteiger partial charge in [0.25, 0.3) is 0 Å². The zero-order chi connectivity index (χ0) is 14.5. The summed E-state index contributed by atoms with van der Waals surface area (Å²) >= 11 is 0. The van der Waals surface area contributed by atoms with Crippen LogP contribution in [0.5, 0.6) is 0 Å². The number of nitriles is 1. The minimum Gasteiger partial charge on any atom is -0.353 e. The Morgan fingerprint density at radius 3 is 2.58 bits per heavy atom. The van der Waals surface area contributed by atoms with Crippen molar-refractivity contribution >= 4 is 15.9 Å². The van der Waals surface area contributed by atoms with E-state index in [-0.39, 0.29) is 23.0 Å². The molecule has 0 spiro atoms. The first-order valence-corrected chi connectivity index (χ1v) is 7.13. The fourth-order valence-corrected chi connectivity index (χ4v) is 2.54. The summed E-state index contributed by atoms with van der Waals surface area (Å²) in [6.07, 6.45) is 0. The van der Waals surface area contributed by atoms with Gasteiger partial charge in [0.2, 0.25) is 15.9 Å². The SMILES string of the molecule is CC(C)NC(=O)CNS(=O)(=O)c1ccccc1C#N. The maximum Gasteiger partial charge on any atom is 0.242 e. The van der Waals surface area contributed by atoms with Gasteiger partial charge in [-0.25, -0.2) is 13.1 Å². The molecule has 1 rings (SSSR count). The molecule has 0 fully saturated rings. The second kappa shape index (κ2) is 6.31. The van der Waals surface area contributed by atoms with Crippen LogP contribution in [-0.4, -0.2) is 26.9 Å². The number of sulfonamides is 1. The molecule has 0 saturated heterocycles. The number of carbonyl (C=O) groups is 1. The first kappa shape index (κ1) is 15.1. The summed E-state index contributed by atoms with van der Waals surface area (Å²) in [5.41, 5.74) is 0.0410. The van der Waals surface area contributed by atoms with Gasteiger partial charge in [0.05, 0.1) is 17.0 Å². The van der Waals surface area contributed by atoms with E-state index in [0.29, 0.717) is 0 Å². The van der Waals surface area contributed by atoms with Gasteiger partial charge >= 0.3 is 0 Å². The standard InChI is InChI=1S/C12H15N3O3S/c1-9(2)15-12(16)8-14-19(17,18)11-6-4-3-5-10(11)7-13/h3-6,9,14H,8H2,1-2H3,(H,15,16). The van der Waals surface area contributed by atoms with E-state index in [1.165, 1.54) is 18.2 Å². The number of amides is 1. The van der Waals surface area contributed by atoms with Crippen LogP contribution in [0.3, 0.4) is 0 Å². The zero-order valence-corrected chi connectivity index (χ0v) is 11.5. The smallest absolute Gasteiger partial charge is 0.242 e. The van der Waals surface area contributed by atoms with Crippen molar-refractivity contribution in [2.24, 2.45) is 0 Å². The van der Waals surface area contributed by atoms with Gasteiger partial charge in [0.15, 0.2) is 0 Å². The normalized spacial score (nSPS) is 11.1. The fraction of sp³-hybridized carbons (Fsp3) is 0.333. The molecule has 1 aromatic rings. The summed E-state index contributed by atoms with van der Waals surface area (Å²) in [6.45, 7) is 3.19. The van der Waals surface area contributed by atoms with Gasteiger partial charge in [0, 0.05) is 6.04 Å². The summed E-state index contributed by atoms with van der Waals surface area (Å²) in [5, 5.41) is 11.4. The maximum atomic E-state index is 12.0. The van der Waals surface area contributed by atoms with Crippen LogP contribution >= 0.6 is 0 Å². The van der Waals surface area contributed by atoms with E-state index in [1.54, 1.807) is 26.0 Å². The maximum absolute atomic E-state index is 12.0. The number of carbonyl (C=O) groups excluding carboxylic acids is 1. The third-order valence-corrected chi connectivity index (χ3v) is 3.63. The van der Waals surface area contributed by atoms with Crippen LogP contribution in [0.15, 0.2) is 29.2 Å². The first-order chi connectivity index (χ1) is 8.86. The number of hydrogen-bond donors (Lipinski definition) is 2. The number of hydrogen-bond acceptors (Lipinski definition) is 4. The van der Waals surface area contributed by atoms with Crippen LogP contribution in [0, 0.1) is 11.3 Å². The zero-order valence-electron chi connectivity index (χ0n) is 10.7. The number of rotatable bonds is 5. The van der Waals surface area contributed by atoms with Crippen LogP contribution in [0.25, 0.3) is 0 Å². The van der Waals surface area contributed by atoms with Crippen molar-refractivity contribution in [2.75, 3.05) is 6.54 Å². The molecule has 2 N–H and O–H groups in total. The number of benzene rings is 1. The largest absolute Gasteiger partial charge is 0.353 e. The third-order valence-electron chi connectivity index (χ3n) is 2.17. The van der Waals surface area contributed by atoms with Crippen LogP contribution in [-0.2, 0) is 14.8 Å². The summed E-state index contributed by atoms with van der Waals surface area (Å²) in [5.74, 6) is -0.423. The van der Waals surface area contributed by atoms with Gasteiger partial charge in [-0.3, -0.25) is 4.79 Å². The van der Waals surface area contributed by atoms with Crippen LogP contribution in [0.2, 0.25) is 0 Å². The van der Waals surface area contributed by atoms with Crippen LogP contribution in [0.1, 0.15) is 19.4 Å². The molecule has 1 amide bonds. The predicted octanol–water partition coefficient (Wildman–Crippen LogP) is 0.361. The summed E-state index contributed by atoms with van der Waals surface area (Å²) < 4.78 is 26.1. The van der Waals surface area contributed by atoms with E-state index >= 15 is 0 Å². The molecule has 0 bridgehead atoms. The Morgan fingerprint density at radius 2 is 2.00 bits per heavy atom. The molecule has 0 unspecified atom stereocenters. The van der Waals surface area contributed by atoms with E-state index in [1.807, 2.05) is 0 Å². The lowest BCUT2D eigenvalue weighted by molar-refractivity contribution is -0.120. The van der Waals surface area contributed by atoms with Gasteiger partial charge in [-0.2, -0.15) is 5.26 Å². The molecule has 0 heterocycles. The monoisotopic (exact) mass is 281 g/mol. The van der Waals surface area contributed by atoms with Crippen molar-refractivity contribution in [2.45, 2.75) is 24.8 Å². The lowest BCUT2D eigenvalue weighted by Crippen LogP contribution is -2.39. The Morgan fingerprint density at radius 1 is 1.37 bits per heavy atom. The van der Waals surface area contributed by atoms with Crippen molar-refractivity contribution in [1.82, 2.24) is 10.0 Å². The summed E-state index contributed by atoms with van der Waals surface area (Å²) in [7, 11) is -3.87. The molecule has 0 radical (unpaired) electrons. The highest BCUT2D eigenvalue weighted by Crippen LogP contribution is 2.13. The van der Waals surface area contributed by atoms with Crippen molar-refractivity contribution in [1.29, 1.82) is 5.26 Å². The third kappa shape index (κ3) is 4.35. The number of nitrogens with one attached hydrogen (secondary N) is 2. The molecule has 19 heavy (non-hydrogen) atoms. The first-order valence-electron chi connectivity index (χ1n) is 5.65. The minimum atomic E-state index is -3.87. The van der Waals surface area contributed by atoms with E-state index in [0.717, 1.165) is 0 Å². The quantitative estimate of drug-likeness (QED) is 0.814. The Labute approximate surface area is 112 Å². The lowest BCUT2D eigenvalue weighted by atomic mass is 10.2. The lowest BCUT2D eigenvalue weighted by Gasteiger charge is -2.10. The fourth-order valence-electron chi connectivity index (χ4n) is 1.40. The molecule has 0 aliphatic heterocycles. The van der Waals surface area contributed by atoms with Crippen LogP contribution in [0.4, 0.5) is 0 Å². The Bertz CT molecular complexity index is 603. The molecule has 7 heteroatoms. The van der Waals surface area contributed by atoms with E-state index < -0.39 is 15.9 Å². The average Bonchev–Trinajstić information content (AvgIpc) is 2.36. The van der Waals surface area contributed by atoms with Crippen molar-refractivity contribution < 1.29 is 13.2 Å². The molecule has 1 aromatic carbocycles. The predicted molar refractivity (Wildman–Crippen MR) is 69.6 cm³/mol. The highest BCUT2D eigenvalue weighted by atomic mass is 32.2.